The molecule has 0 bridgehead atoms. The number of hydrogen-bond acceptors (Lipinski definition) is 2. The predicted molar refractivity (Wildman–Crippen MR) is 64.6 cm³/mol. The van der Waals surface area contributed by atoms with Gasteiger partial charge in [0, 0.05) is 4.47 Å². The van der Waals surface area contributed by atoms with Crippen LogP contribution in [0, 0.1) is 5.21 Å². The van der Waals surface area contributed by atoms with Gasteiger partial charge >= 0.3 is 0 Å². The number of rotatable bonds is 4. The molecule has 0 fully saturated rings. The Labute approximate surface area is 97.4 Å². The normalized spacial score (nSPS) is 11.2. The highest BCUT2D eigenvalue weighted by atomic mass is 79.9. The van der Waals surface area contributed by atoms with Crippen molar-refractivity contribution in [1.82, 2.24) is 0 Å². The lowest BCUT2D eigenvalue weighted by Crippen LogP contribution is -2.02. The largest absolute Gasteiger partial charge is 0.624 e. The zero-order valence-corrected chi connectivity index (χ0v) is 10.0. The molecular formula is C11H12BrNO2. The van der Waals surface area contributed by atoms with E-state index in [1.807, 2.05) is 18.2 Å². The van der Waals surface area contributed by atoms with Gasteiger partial charge in [0.1, 0.15) is 19.4 Å². The van der Waals surface area contributed by atoms with E-state index in [0.29, 0.717) is 12.4 Å². The molecule has 1 aromatic rings. The molecular weight excluding hydrogens is 258 g/mol. The molecule has 0 aliphatic rings. The zero-order valence-electron chi connectivity index (χ0n) is 8.44. The maximum absolute atomic E-state index is 10.9. The van der Waals surface area contributed by atoms with Crippen LogP contribution in [0.15, 0.2) is 35.3 Å². The van der Waals surface area contributed by atoms with Crippen LogP contribution in [0.25, 0.3) is 0 Å². The first-order valence-electron chi connectivity index (χ1n) is 4.41. The van der Waals surface area contributed by atoms with Crippen LogP contribution in [0.1, 0.15) is 5.56 Å². The van der Waals surface area contributed by atoms with Crippen LogP contribution in [0.3, 0.4) is 0 Å². The fourth-order valence-corrected chi connectivity index (χ4v) is 1.48. The Balaban J connectivity index is 3.02. The first-order valence-corrected chi connectivity index (χ1v) is 5.21. The molecule has 80 valence electrons. The van der Waals surface area contributed by atoms with Crippen molar-refractivity contribution in [3.63, 3.8) is 0 Å². The van der Waals surface area contributed by atoms with Crippen LogP contribution in [0.2, 0.25) is 0 Å². The third-order valence-corrected chi connectivity index (χ3v) is 2.14. The van der Waals surface area contributed by atoms with E-state index in [9.17, 15) is 5.21 Å². The molecule has 0 aliphatic heterocycles. The summed E-state index contributed by atoms with van der Waals surface area (Å²) < 4.78 is 7.05. The van der Waals surface area contributed by atoms with Crippen LogP contribution in [-0.2, 0) is 0 Å². The fraction of sp³-hybridized carbons (Fsp3) is 0.182. The van der Waals surface area contributed by atoms with Gasteiger partial charge in [0.2, 0.25) is 0 Å². The van der Waals surface area contributed by atoms with E-state index in [1.54, 1.807) is 6.08 Å². The van der Waals surface area contributed by atoms with E-state index < -0.39 is 0 Å². The van der Waals surface area contributed by atoms with E-state index >= 15 is 0 Å². The van der Waals surface area contributed by atoms with Gasteiger partial charge in [-0.3, -0.25) is 0 Å². The topological polar surface area (TPSA) is 35.3 Å². The molecule has 4 heteroatoms. The average molecular weight is 270 g/mol. The lowest BCUT2D eigenvalue weighted by Gasteiger charge is -2.06. The maximum atomic E-state index is 10.9. The maximum Gasteiger partial charge on any atom is 0.185 e. The lowest BCUT2D eigenvalue weighted by molar-refractivity contribution is -0.416. The Morgan fingerprint density at radius 3 is 2.93 bits per heavy atom. The highest BCUT2D eigenvalue weighted by molar-refractivity contribution is 9.10. The van der Waals surface area contributed by atoms with E-state index in [0.717, 1.165) is 14.8 Å². The molecule has 0 saturated carbocycles. The first kappa shape index (κ1) is 11.8. The Bertz CT molecular complexity index is 384. The zero-order chi connectivity index (χ0) is 11.3. The molecule has 0 amide bonds. The summed E-state index contributed by atoms with van der Waals surface area (Å²) in [5.74, 6) is 0.667. The molecule has 0 saturated heterocycles. The van der Waals surface area contributed by atoms with Gasteiger partial charge in [-0.15, -0.1) is 0 Å². The highest BCUT2D eigenvalue weighted by Gasteiger charge is 2.04. The van der Waals surface area contributed by atoms with Crippen molar-refractivity contribution in [2.75, 3.05) is 13.7 Å². The summed E-state index contributed by atoms with van der Waals surface area (Å²) >= 11 is 3.34. The number of hydrogen-bond donors (Lipinski definition) is 0. The van der Waals surface area contributed by atoms with E-state index in [4.69, 9.17) is 4.74 Å². The van der Waals surface area contributed by atoms with Crippen molar-refractivity contribution in [2.45, 2.75) is 0 Å². The molecule has 1 aromatic carbocycles. The SMILES string of the molecule is C=CCOc1ccc(Br)cc1/C=[N+](\C)[O-]. The Hall–Kier alpha value is -1.29. The smallest absolute Gasteiger partial charge is 0.185 e. The molecule has 3 nitrogen and oxygen atoms in total. The second kappa shape index (κ2) is 5.56. The van der Waals surface area contributed by atoms with Crippen molar-refractivity contribution in [3.05, 3.63) is 46.1 Å². The molecule has 0 atom stereocenters. The molecule has 0 aromatic heterocycles. The van der Waals surface area contributed by atoms with Crippen molar-refractivity contribution in [1.29, 1.82) is 0 Å². The average Bonchev–Trinajstić information content (AvgIpc) is 2.16. The Morgan fingerprint density at radius 2 is 2.33 bits per heavy atom. The van der Waals surface area contributed by atoms with Gasteiger partial charge in [-0.25, -0.2) is 4.74 Å². The number of benzene rings is 1. The summed E-state index contributed by atoms with van der Waals surface area (Å²) in [5, 5.41) is 10.9. The molecule has 15 heavy (non-hydrogen) atoms. The summed E-state index contributed by atoms with van der Waals surface area (Å²) in [5.41, 5.74) is 0.740. The van der Waals surface area contributed by atoms with E-state index in [-0.39, 0.29) is 0 Å². The van der Waals surface area contributed by atoms with Gasteiger partial charge < -0.3 is 9.94 Å². The number of hydroxylamine groups is 1. The fourth-order valence-electron chi connectivity index (χ4n) is 1.10. The highest BCUT2D eigenvalue weighted by Crippen LogP contribution is 2.21. The molecule has 0 aliphatic carbocycles. The Morgan fingerprint density at radius 1 is 1.60 bits per heavy atom. The quantitative estimate of drug-likeness (QED) is 0.277. The number of ether oxygens (including phenoxy) is 1. The molecule has 0 unspecified atom stereocenters. The summed E-state index contributed by atoms with van der Waals surface area (Å²) in [6, 6.07) is 5.50. The van der Waals surface area contributed by atoms with Crippen molar-refractivity contribution in [2.24, 2.45) is 0 Å². The van der Waals surface area contributed by atoms with Gasteiger partial charge in [-0.2, -0.15) is 0 Å². The number of nitrogens with zero attached hydrogens (tertiary/aromatic N) is 1. The van der Waals surface area contributed by atoms with Crippen molar-refractivity contribution in [3.8, 4) is 5.75 Å². The van der Waals surface area contributed by atoms with Crippen LogP contribution in [-0.4, -0.2) is 24.6 Å². The molecule has 0 N–H and O–H groups in total. The van der Waals surface area contributed by atoms with Crippen LogP contribution >= 0.6 is 15.9 Å². The molecule has 0 spiro atoms. The minimum Gasteiger partial charge on any atom is -0.624 e. The van der Waals surface area contributed by atoms with Crippen LogP contribution in [0.4, 0.5) is 0 Å². The second-order valence-corrected chi connectivity index (χ2v) is 3.87. The summed E-state index contributed by atoms with van der Waals surface area (Å²) in [4.78, 5) is 0. The van der Waals surface area contributed by atoms with Crippen molar-refractivity contribution >= 4 is 22.1 Å². The van der Waals surface area contributed by atoms with Gasteiger partial charge in [-0.1, -0.05) is 28.6 Å². The third-order valence-electron chi connectivity index (χ3n) is 1.65. The van der Waals surface area contributed by atoms with E-state index in [2.05, 4.69) is 22.5 Å². The predicted octanol–water partition coefficient (Wildman–Crippen LogP) is 2.57. The monoisotopic (exact) mass is 269 g/mol. The lowest BCUT2D eigenvalue weighted by atomic mass is 10.2. The van der Waals surface area contributed by atoms with Gasteiger partial charge in [-0.05, 0) is 18.2 Å². The summed E-state index contributed by atoms with van der Waals surface area (Å²) in [7, 11) is 1.43. The molecule has 0 radical (unpaired) electrons. The second-order valence-electron chi connectivity index (χ2n) is 2.96. The van der Waals surface area contributed by atoms with Crippen molar-refractivity contribution < 1.29 is 9.48 Å². The van der Waals surface area contributed by atoms with Gasteiger partial charge in [0.15, 0.2) is 6.21 Å². The summed E-state index contributed by atoms with van der Waals surface area (Å²) in [6.07, 6.45) is 3.12. The third kappa shape index (κ3) is 3.75. The molecule has 1 rings (SSSR count). The minimum atomic E-state index is 0.422. The summed E-state index contributed by atoms with van der Waals surface area (Å²) in [6.45, 7) is 3.99. The number of halogens is 1. The minimum absolute atomic E-state index is 0.422. The first-order chi connectivity index (χ1) is 7.13. The van der Waals surface area contributed by atoms with Gasteiger partial charge in [0.25, 0.3) is 0 Å². The van der Waals surface area contributed by atoms with Crippen LogP contribution < -0.4 is 4.74 Å². The standard InChI is InChI=1S/C11H12BrNO2/c1-3-6-15-11-5-4-10(12)7-9(11)8-13(2)14/h3-5,7-8H,1,6H2,2H3/b13-8+. The molecule has 0 heterocycles. The van der Waals surface area contributed by atoms with Crippen LogP contribution in [0.5, 0.6) is 5.75 Å². The van der Waals surface area contributed by atoms with Gasteiger partial charge in [0.05, 0.1) is 5.56 Å². The Kier molecular flexibility index (Phi) is 4.37. The van der Waals surface area contributed by atoms with E-state index in [1.165, 1.54) is 13.3 Å².